The first-order valence-corrected chi connectivity index (χ1v) is 7.94. The zero-order valence-corrected chi connectivity index (χ0v) is 13.9. The first-order valence-electron chi connectivity index (χ1n) is 7.14. The van der Waals surface area contributed by atoms with E-state index in [1.807, 2.05) is 25.1 Å². The summed E-state index contributed by atoms with van der Waals surface area (Å²) in [4.78, 5) is 11.7. The van der Waals surface area contributed by atoms with Crippen LogP contribution in [0.25, 0.3) is 0 Å². The van der Waals surface area contributed by atoms with Crippen molar-refractivity contribution in [2.75, 3.05) is 11.9 Å². The Hall–Kier alpha value is -1.03. The number of esters is 1. The molecule has 20 heavy (non-hydrogen) atoms. The molecule has 2 rings (SSSR count). The smallest absolute Gasteiger partial charge is 0.338 e. The summed E-state index contributed by atoms with van der Waals surface area (Å²) in [6, 6.07) is 6.09. The van der Waals surface area contributed by atoms with Crippen LogP contribution in [0.2, 0.25) is 0 Å². The monoisotopic (exact) mass is 339 g/mol. The van der Waals surface area contributed by atoms with Gasteiger partial charge in [0.1, 0.15) is 0 Å². The van der Waals surface area contributed by atoms with Crippen molar-refractivity contribution < 1.29 is 9.53 Å². The van der Waals surface area contributed by atoms with E-state index >= 15 is 0 Å². The molecular weight excluding hydrogens is 318 g/mol. The predicted octanol–water partition coefficient (Wildman–Crippen LogP) is 4.62. The number of benzene rings is 1. The Morgan fingerprint density at radius 1 is 1.50 bits per heavy atom. The fraction of sp³-hybridized carbons (Fsp3) is 0.562. The first kappa shape index (κ1) is 15.4. The lowest BCUT2D eigenvalue weighted by Crippen LogP contribution is -2.18. The van der Waals surface area contributed by atoms with Crippen molar-refractivity contribution in [2.24, 2.45) is 5.41 Å². The van der Waals surface area contributed by atoms with Crippen LogP contribution in [0.3, 0.4) is 0 Å². The molecular formula is C16H22BrNO2. The lowest BCUT2D eigenvalue weighted by atomic mass is 9.92. The van der Waals surface area contributed by atoms with E-state index in [1.165, 1.54) is 19.3 Å². The highest BCUT2D eigenvalue weighted by molar-refractivity contribution is 9.10. The molecule has 1 aromatic rings. The van der Waals surface area contributed by atoms with E-state index in [0.29, 0.717) is 23.6 Å². The molecule has 1 aliphatic rings. The van der Waals surface area contributed by atoms with E-state index in [1.54, 1.807) is 0 Å². The average molecular weight is 340 g/mol. The number of hydrogen-bond acceptors (Lipinski definition) is 3. The summed E-state index contributed by atoms with van der Waals surface area (Å²) in [6.07, 6.45) is 3.63. The van der Waals surface area contributed by atoms with Gasteiger partial charge in [-0.25, -0.2) is 4.79 Å². The highest BCUT2D eigenvalue weighted by atomic mass is 79.9. The summed E-state index contributed by atoms with van der Waals surface area (Å²) in [5.41, 5.74) is 2.05. The molecule has 1 N–H and O–H groups in total. The maximum absolute atomic E-state index is 11.7. The molecule has 0 amide bonds. The van der Waals surface area contributed by atoms with Gasteiger partial charge in [-0.1, -0.05) is 13.8 Å². The van der Waals surface area contributed by atoms with Gasteiger partial charge in [0.05, 0.1) is 12.2 Å². The summed E-state index contributed by atoms with van der Waals surface area (Å²) in [5, 5.41) is 3.56. The van der Waals surface area contributed by atoms with Gasteiger partial charge in [-0.2, -0.15) is 0 Å². The Bertz CT molecular complexity index is 499. The Morgan fingerprint density at radius 2 is 2.25 bits per heavy atom. The van der Waals surface area contributed by atoms with Crippen LogP contribution in [-0.4, -0.2) is 18.6 Å². The Morgan fingerprint density at radius 3 is 2.80 bits per heavy atom. The number of nitrogens with one attached hydrogen (secondary N) is 1. The number of rotatable bonds is 4. The molecule has 1 saturated carbocycles. The Kier molecular flexibility index (Phi) is 4.74. The molecule has 110 valence electrons. The summed E-state index contributed by atoms with van der Waals surface area (Å²) >= 11 is 3.53. The summed E-state index contributed by atoms with van der Waals surface area (Å²) in [6.45, 7) is 6.83. The number of halogens is 1. The average Bonchev–Trinajstić information content (AvgIpc) is 2.71. The van der Waals surface area contributed by atoms with Gasteiger partial charge in [0, 0.05) is 16.2 Å². The van der Waals surface area contributed by atoms with Gasteiger partial charge in [-0.05, 0) is 65.7 Å². The highest BCUT2D eigenvalue weighted by Gasteiger charge is 2.30. The van der Waals surface area contributed by atoms with Gasteiger partial charge in [0.25, 0.3) is 0 Å². The molecule has 4 heteroatoms. The predicted molar refractivity (Wildman–Crippen MR) is 85.1 cm³/mol. The summed E-state index contributed by atoms with van der Waals surface area (Å²) in [5.74, 6) is -0.276. The van der Waals surface area contributed by atoms with Crippen LogP contribution >= 0.6 is 15.9 Å². The lowest BCUT2D eigenvalue weighted by molar-refractivity contribution is 0.0526. The van der Waals surface area contributed by atoms with Crippen molar-refractivity contribution in [3.05, 3.63) is 28.2 Å². The lowest BCUT2D eigenvalue weighted by Gasteiger charge is -2.19. The molecule has 0 bridgehead atoms. The second kappa shape index (κ2) is 6.17. The molecule has 1 fully saturated rings. The molecule has 1 aliphatic carbocycles. The molecule has 1 atom stereocenters. The van der Waals surface area contributed by atoms with Crippen LogP contribution in [0.15, 0.2) is 22.7 Å². The zero-order chi connectivity index (χ0) is 14.8. The molecule has 0 aromatic heterocycles. The van der Waals surface area contributed by atoms with Gasteiger partial charge in [0.15, 0.2) is 0 Å². The third-order valence-electron chi connectivity index (χ3n) is 3.81. The van der Waals surface area contributed by atoms with Crippen LogP contribution < -0.4 is 5.32 Å². The second-order valence-corrected chi connectivity index (χ2v) is 7.02. The largest absolute Gasteiger partial charge is 0.462 e. The highest BCUT2D eigenvalue weighted by Crippen LogP contribution is 2.39. The minimum absolute atomic E-state index is 0.276. The molecule has 0 spiro atoms. The minimum Gasteiger partial charge on any atom is -0.462 e. The van der Waals surface area contributed by atoms with Gasteiger partial charge in [-0.3, -0.25) is 0 Å². The van der Waals surface area contributed by atoms with Crippen molar-refractivity contribution in [3.8, 4) is 0 Å². The first-order chi connectivity index (χ1) is 9.41. The number of carbonyl (C=O) groups excluding carboxylic acids is 1. The maximum atomic E-state index is 11.7. The van der Waals surface area contributed by atoms with Gasteiger partial charge < -0.3 is 10.1 Å². The SMILES string of the molecule is CCOC(=O)c1ccc(NC2CCC(C)(C)C2)c(Br)c1. The Labute approximate surface area is 129 Å². The van der Waals surface area contributed by atoms with Crippen LogP contribution in [0.1, 0.15) is 50.4 Å². The van der Waals surface area contributed by atoms with E-state index in [4.69, 9.17) is 4.74 Å². The van der Waals surface area contributed by atoms with Gasteiger partial charge in [0.2, 0.25) is 0 Å². The quantitative estimate of drug-likeness (QED) is 0.813. The van der Waals surface area contributed by atoms with E-state index in [2.05, 4.69) is 35.1 Å². The number of hydrogen-bond donors (Lipinski definition) is 1. The van der Waals surface area contributed by atoms with E-state index in [9.17, 15) is 4.79 Å². The molecule has 0 heterocycles. The summed E-state index contributed by atoms with van der Waals surface area (Å²) < 4.78 is 5.91. The van der Waals surface area contributed by atoms with Gasteiger partial charge in [-0.15, -0.1) is 0 Å². The Balaban J connectivity index is 2.05. The molecule has 0 aliphatic heterocycles. The van der Waals surface area contributed by atoms with Crippen LogP contribution in [0.5, 0.6) is 0 Å². The fourth-order valence-corrected chi connectivity index (χ4v) is 3.25. The van der Waals surface area contributed by atoms with Crippen molar-refractivity contribution in [2.45, 2.75) is 46.1 Å². The van der Waals surface area contributed by atoms with Crippen molar-refractivity contribution in [1.29, 1.82) is 0 Å². The third-order valence-corrected chi connectivity index (χ3v) is 4.46. The second-order valence-electron chi connectivity index (χ2n) is 6.16. The number of anilines is 1. The maximum Gasteiger partial charge on any atom is 0.338 e. The third kappa shape index (κ3) is 3.75. The van der Waals surface area contributed by atoms with Crippen LogP contribution in [0, 0.1) is 5.41 Å². The molecule has 1 aromatic carbocycles. The van der Waals surface area contributed by atoms with Crippen LogP contribution in [-0.2, 0) is 4.74 Å². The molecule has 0 radical (unpaired) electrons. The normalized spacial score (nSPS) is 20.7. The molecule has 0 saturated heterocycles. The van der Waals surface area contributed by atoms with Crippen molar-refractivity contribution >= 4 is 27.6 Å². The van der Waals surface area contributed by atoms with E-state index < -0.39 is 0 Å². The number of carbonyl (C=O) groups is 1. The minimum atomic E-state index is -0.276. The van der Waals surface area contributed by atoms with Gasteiger partial charge >= 0.3 is 5.97 Å². The standard InChI is InChI=1S/C16H22BrNO2/c1-4-20-15(19)11-5-6-14(13(17)9-11)18-12-7-8-16(2,3)10-12/h5-6,9,12,18H,4,7-8,10H2,1-3H3. The van der Waals surface area contributed by atoms with Crippen LogP contribution in [0.4, 0.5) is 5.69 Å². The molecule has 3 nitrogen and oxygen atoms in total. The molecule has 1 unspecified atom stereocenters. The van der Waals surface area contributed by atoms with E-state index in [-0.39, 0.29) is 5.97 Å². The van der Waals surface area contributed by atoms with Crippen molar-refractivity contribution in [1.82, 2.24) is 0 Å². The van der Waals surface area contributed by atoms with E-state index in [0.717, 1.165) is 10.2 Å². The summed E-state index contributed by atoms with van der Waals surface area (Å²) in [7, 11) is 0. The fourth-order valence-electron chi connectivity index (χ4n) is 2.75. The number of ether oxygens (including phenoxy) is 1. The van der Waals surface area contributed by atoms with Crippen molar-refractivity contribution in [3.63, 3.8) is 0 Å². The topological polar surface area (TPSA) is 38.3 Å². The zero-order valence-electron chi connectivity index (χ0n) is 12.3.